The molecule has 4 rings (SSSR count). The first-order valence-corrected chi connectivity index (χ1v) is 10.8. The fourth-order valence-electron chi connectivity index (χ4n) is 4.61. The smallest absolute Gasteiger partial charge is 0.274 e. The quantitative estimate of drug-likeness (QED) is 0.740. The maximum Gasteiger partial charge on any atom is 0.274 e. The van der Waals surface area contributed by atoms with Gasteiger partial charge in [0.2, 0.25) is 0 Å². The normalized spacial score (nSPS) is 21.3. The van der Waals surface area contributed by atoms with E-state index >= 15 is 0 Å². The Kier molecular flexibility index (Phi) is 6.11. The van der Waals surface area contributed by atoms with E-state index in [0.717, 1.165) is 12.1 Å². The number of likely N-dealkylation sites (tertiary alicyclic amines) is 1. The molecule has 3 heterocycles. The molecule has 166 valence electrons. The zero-order chi connectivity index (χ0) is 22.0. The van der Waals surface area contributed by atoms with Crippen LogP contribution in [0.15, 0.2) is 42.6 Å². The summed E-state index contributed by atoms with van der Waals surface area (Å²) < 4.78 is 8.09. The van der Waals surface area contributed by atoms with E-state index in [1.807, 2.05) is 49.3 Å². The number of aryl methyl sites for hydroxylation is 1. The van der Waals surface area contributed by atoms with E-state index in [1.54, 1.807) is 28.9 Å². The predicted molar refractivity (Wildman–Crippen MR) is 116 cm³/mol. The van der Waals surface area contributed by atoms with Crippen LogP contribution in [0.1, 0.15) is 28.9 Å². The summed E-state index contributed by atoms with van der Waals surface area (Å²) in [6.45, 7) is 3.11. The fourth-order valence-corrected chi connectivity index (χ4v) is 4.61. The van der Waals surface area contributed by atoms with E-state index < -0.39 is 11.7 Å². The SMILES string of the molecule is CN1C[C@@H](C(=O)N(C)Cc2ccccc2)OC2(CCN(C(=O)c3ccn(C)n3)CC2)C1. The van der Waals surface area contributed by atoms with Gasteiger partial charge in [-0.05, 0) is 31.5 Å². The molecular formula is C23H31N5O3. The number of amides is 2. The van der Waals surface area contributed by atoms with E-state index in [2.05, 4.69) is 10.00 Å². The number of ether oxygens (including phenoxy) is 1. The van der Waals surface area contributed by atoms with Crippen molar-refractivity contribution in [2.45, 2.75) is 31.1 Å². The molecule has 8 heteroatoms. The van der Waals surface area contributed by atoms with Gasteiger partial charge < -0.3 is 19.4 Å². The minimum Gasteiger partial charge on any atom is -0.359 e. The van der Waals surface area contributed by atoms with Gasteiger partial charge in [-0.25, -0.2) is 0 Å². The molecule has 0 unspecified atom stereocenters. The van der Waals surface area contributed by atoms with Crippen molar-refractivity contribution in [2.24, 2.45) is 7.05 Å². The van der Waals surface area contributed by atoms with Crippen molar-refractivity contribution >= 4 is 11.8 Å². The highest BCUT2D eigenvalue weighted by Gasteiger charge is 2.45. The minimum absolute atomic E-state index is 0.00164. The van der Waals surface area contributed by atoms with Crippen LogP contribution in [-0.2, 0) is 23.1 Å². The zero-order valence-corrected chi connectivity index (χ0v) is 18.5. The van der Waals surface area contributed by atoms with Crippen LogP contribution in [0.3, 0.4) is 0 Å². The van der Waals surface area contributed by atoms with Gasteiger partial charge in [0.1, 0.15) is 11.8 Å². The maximum absolute atomic E-state index is 13.1. The van der Waals surface area contributed by atoms with Crippen LogP contribution in [0.2, 0.25) is 0 Å². The highest BCUT2D eigenvalue weighted by atomic mass is 16.5. The predicted octanol–water partition coefficient (Wildman–Crippen LogP) is 1.38. The topological polar surface area (TPSA) is 70.9 Å². The first kappa shape index (κ1) is 21.5. The van der Waals surface area contributed by atoms with E-state index in [-0.39, 0.29) is 11.8 Å². The van der Waals surface area contributed by atoms with Gasteiger partial charge in [0.25, 0.3) is 11.8 Å². The van der Waals surface area contributed by atoms with Crippen LogP contribution >= 0.6 is 0 Å². The van der Waals surface area contributed by atoms with Gasteiger partial charge in [-0.1, -0.05) is 30.3 Å². The van der Waals surface area contributed by atoms with Crippen molar-refractivity contribution in [1.82, 2.24) is 24.5 Å². The lowest BCUT2D eigenvalue weighted by atomic mass is 9.88. The van der Waals surface area contributed by atoms with Gasteiger partial charge in [0.05, 0.1) is 5.60 Å². The second kappa shape index (κ2) is 8.80. The number of piperidine rings is 1. The second-order valence-corrected chi connectivity index (χ2v) is 8.83. The molecule has 1 aromatic carbocycles. The van der Waals surface area contributed by atoms with Crippen molar-refractivity contribution < 1.29 is 14.3 Å². The number of carbonyl (C=O) groups excluding carboxylic acids is 2. The summed E-state index contributed by atoms with van der Waals surface area (Å²) in [4.78, 5) is 31.6. The molecule has 0 aliphatic carbocycles. The Morgan fingerprint density at radius 3 is 2.52 bits per heavy atom. The molecule has 8 nitrogen and oxygen atoms in total. The Bertz CT molecular complexity index is 920. The molecule has 2 aliphatic heterocycles. The number of aromatic nitrogens is 2. The molecule has 2 amide bonds. The summed E-state index contributed by atoms with van der Waals surface area (Å²) in [7, 11) is 5.67. The Morgan fingerprint density at radius 1 is 1.16 bits per heavy atom. The van der Waals surface area contributed by atoms with Gasteiger partial charge in [0.15, 0.2) is 0 Å². The molecule has 0 bridgehead atoms. The third kappa shape index (κ3) is 4.80. The number of rotatable bonds is 4. The Morgan fingerprint density at radius 2 is 1.87 bits per heavy atom. The lowest BCUT2D eigenvalue weighted by molar-refractivity contribution is -0.186. The van der Waals surface area contributed by atoms with Gasteiger partial charge in [-0.3, -0.25) is 14.3 Å². The second-order valence-electron chi connectivity index (χ2n) is 8.83. The Labute approximate surface area is 183 Å². The molecule has 1 aromatic heterocycles. The lowest BCUT2D eigenvalue weighted by Crippen LogP contribution is -2.61. The molecule has 1 spiro atoms. The highest BCUT2D eigenvalue weighted by Crippen LogP contribution is 2.33. The number of likely N-dealkylation sites (N-methyl/N-ethyl adjacent to an activating group) is 2. The number of hydrogen-bond donors (Lipinski definition) is 0. The van der Waals surface area contributed by atoms with Crippen LogP contribution in [0.25, 0.3) is 0 Å². The molecule has 31 heavy (non-hydrogen) atoms. The molecule has 2 aliphatic rings. The van der Waals surface area contributed by atoms with E-state index in [1.165, 1.54) is 0 Å². The monoisotopic (exact) mass is 425 g/mol. The molecule has 2 fully saturated rings. The Hall–Kier alpha value is -2.71. The molecule has 2 aromatic rings. The van der Waals surface area contributed by atoms with Gasteiger partial charge in [-0.15, -0.1) is 0 Å². The average molecular weight is 426 g/mol. The summed E-state index contributed by atoms with van der Waals surface area (Å²) in [5, 5.41) is 4.23. The van der Waals surface area contributed by atoms with Crippen molar-refractivity contribution in [3.8, 4) is 0 Å². The minimum atomic E-state index is -0.495. The van der Waals surface area contributed by atoms with Crippen LogP contribution in [-0.4, -0.2) is 88.3 Å². The molecular weight excluding hydrogens is 394 g/mol. The molecule has 0 saturated carbocycles. The third-order valence-corrected chi connectivity index (χ3v) is 6.24. The van der Waals surface area contributed by atoms with Crippen LogP contribution < -0.4 is 0 Å². The standard InChI is InChI=1S/C23H31N5O3/c1-25-16-20(22(30)26(2)15-18-7-5-4-6-8-18)31-23(17-25)10-13-28(14-11-23)21(29)19-9-12-27(3)24-19/h4-9,12,20H,10-11,13-17H2,1-3H3/t20-/m0/s1. The van der Waals surface area contributed by atoms with Gasteiger partial charge >= 0.3 is 0 Å². The molecule has 0 radical (unpaired) electrons. The van der Waals surface area contributed by atoms with E-state index in [9.17, 15) is 9.59 Å². The first-order valence-electron chi connectivity index (χ1n) is 10.8. The summed E-state index contributed by atoms with van der Waals surface area (Å²) in [5.74, 6) is -0.0448. The van der Waals surface area contributed by atoms with Crippen LogP contribution in [0.5, 0.6) is 0 Å². The van der Waals surface area contributed by atoms with Crippen LogP contribution in [0.4, 0.5) is 0 Å². The number of morpholine rings is 1. The largest absolute Gasteiger partial charge is 0.359 e. The van der Waals surface area contributed by atoms with Crippen LogP contribution in [0, 0.1) is 0 Å². The average Bonchev–Trinajstić information content (AvgIpc) is 3.19. The number of carbonyl (C=O) groups is 2. The zero-order valence-electron chi connectivity index (χ0n) is 18.5. The molecule has 0 N–H and O–H groups in total. The summed E-state index contributed by atoms with van der Waals surface area (Å²) in [5.41, 5.74) is 1.16. The maximum atomic E-state index is 13.1. The van der Waals surface area contributed by atoms with Crippen molar-refractivity contribution in [2.75, 3.05) is 40.3 Å². The summed E-state index contributed by atoms with van der Waals surface area (Å²) >= 11 is 0. The van der Waals surface area contributed by atoms with E-state index in [4.69, 9.17) is 4.74 Å². The highest BCUT2D eigenvalue weighted by molar-refractivity contribution is 5.92. The van der Waals surface area contributed by atoms with E-state index in [0.29, 0.717) is 44.7 Å². The third-order valence-electron chi connectivity index (χ3n) is 6.24. The fraction of sp³-hybridized carbons (Fsp3) is 0.522. The van der Waals surface area contributed by atoms with Crippen molar-refractivity contribution in [3.05, 3.63) is 53.9 Å². The number of nitrogens with zero attached hydrogens (tertiary/aromatic N) is 5. The first-order chi connectivity index (χ1) is 14.8. The Balaban J connectivity index is 1.38. The summed E-state index contributed by atoms with van der Waals surface area (Å²) in [6.07, 6.45) is 2.70. The lowest BCUT2D eigenvalue weighted by Gasteiger charge is -2.49. The van der Waals surface area contributed by atoms with Crippen molar-refractivity contribution in [3.63, 3.8) is 0 Å². The van der Waals surface area contributed by atoms with Crippen molar-refractivity contribution in [1.29, 1.82) is 0 Å². The summed E-state index contributed by atoms with van der Waals surface area (Å²) in [6, 6.07) is 11.7. The van der Waals surface area contributed by atoms with Gasteiger partial charge in [-0.2, -0.15) is 5.10 Å². The van der Waals surface area contributed by atoms with Gasteiger partial charge in [0, 0.05) is 53.0 Å². The number of benzene rings is 1. The molecule has 1 atom stereocenters. The number of hydrogen-bond acceptors (Lipinski definition) is 5. The molecule has 2 saturated heterocycles.